The molecule has 0 aromatic heterocycles. The Balaban J connectivity index is 1.70. The van der Waals surface area contributed by atoms with Gasteiger partial charge in [-0.2, -0.15) is 0 Å². The third-order valence-corrected chi connectivity index (χ3v) is 4.21. The fraction of sp³-hybridized carbons (Fsp3) is 0.182. The maximum atomic E-state index is 12.5. The van der Waals surface area contributed by atoms with E-state index in [0.29, 0.717) is 29.2 Å². The van der Waals surface area contributed by atoms with Crippen LogP contribution in [0.2, 0.25) is 0 Å². The summed E-state index contributed by atoms with van der Waals surface area (Å²) in [6, 6.07) is 17.9. The van der Waals surface area contributed by atoms with E-state index in [1.54, 1.807) is 30.3 Å². The highest BCUT2D eigenvalue weighted by atomic mass is 16.5. The van der Waals surface area contributed by atoms with Gasteiger partial charge in [0.15, 0.2) is 11.5 Å². The smallest absolute Gasteiger partial charge is 0.270 e. The molecule has 3 aromatic carbocycles. The van der Waals surface area contributed by atoms with Crippen molar-refractivity contribution in [3.63, 3.8) is 0 Å². The summed E-state index contributed by atoms with van der Waals surface area (Å²) in [5.41, 5.74) is 5.74. The molecule has 0 atom stereocenters. The van der Waals surface area contributed by atoms with Crippen LogP contribution in [0.3, 0.4) is 0 Å². The lowest BCUT2D eigenvalue weighted by molar-refractivity contribution is 0.0847. The molecule has 28 heavy (non-hydrogen) atoms. The average molecular weight is 378 g/mol. The van der Waals surface area contributed by atoms with E-state index in [0.717, 1.165) is 17.2 Å². The van der Waals surface area contributed by atoms with Gasteiger partial charge in [0.25, 0.3) is 11.8 Å². The van der Waals surface area contributed by atoms with Gasteiger partial charge in [-0.1, -0.05) is 43.3 Å². The van der Waals surface area contributed by atoms with Gasteiger partial charge in [-0.25, -0.2) is 0 Å². The van der Waals surface area contributed by atoms with Gasteiger partial charge < -0.3 is 9.47 Å². The second kappa shape index (κ2) is 8.90. The monoisotopic (exact) mass is 378 g/mol. The Morgan fingerprint density at radius 1 is 0.893 bits per heavy atom. The second-order valence-electron chi connectivity index (χ2n) is 6.15. The molecule has 0 unspecified atom stereocenters. The zero-order chi connectivity index (χ0) is 19.9. The molecule has 0 aliphatic carbocycles. The van der Waals surface area contributed by atoms with E-state index < -0.39 is 5.91 Å². The predicted molar refractivity (Wildman–Crippen MR) is 108 cm³/mol. The summed E-state index contributed by atoms with van der Waals surface area (Å²) in [5, 5.41) is 1.77. The van der Waals surface area contributed by atoms with Gasteiger partial charge in [0.05, 0.1) is 13.7 Å². The molecule has 0 heterocycles. The molecular weight excluding hydrogens is 356 g/mol. The Kier molecular flexibility index (Phi) is 6.11. The molecular formula is C22H22N2O4. The number of hydrazine groups is 1. The topological polar surface area (TPSA) is 76.7 Å². The maximum absolute atomic E-state index is 12.5. The average Bonchev–Trinajstić information content (AvgIpc) is 2.75. The van der Waals surface area contributed by atoms with Crippen LogP contribution in [0.25, 0.3) is 10.8 Å². The molecule has 3 rings (SSSR count). The predicted octanol–water partition coefficient (Wildman–Crippen LogP) is 3.71. The van der Waals surface area contributed by atoms with Gasteiger partial charge in [0, 0.05) is 11.1 Å². The Labute approximate surface area is 163 Å². The van der Waals surface area contributed by atoms with E-state index >= 15 is 0 Å². The number of methoxy groups -OCH3 is 1. The van der Waals surface area contributed by atoms with Crippen molar-refractivity contribution in [2.45, 2.75) is 13.3 Å². The fourth-order valence-corrected chi connectivity index (χ4v) is 2.82. The van der Waals surface area contributed by atoms with Gasteiger partial charge >= 0.3 is 0 Å². The molecule has 144 valence electrons. The molecule has 0 saturated heterocycles. The lowest BCUT2D eigenvalue weighted by atomic mass is 10.0. The largest absolute Gasteiger partial charge is 0.493 e. The van der Waals surface area contributed by atoms with Crippen LogP contribution in [0.5, 0.6) is 11.5 Å². The summed E-state index contributed by atoms with van der Waals surface area (Å²) in [6.07, 6.45) is 0.867. The third kappa shape index (κ3) is 4.23. The van der Waals surface area contributed by atoms with Crippen molar-refractivity contribution in [3.8, 4) is 11.5 Å². The van der Waals surface area contributed by atoms with E-state index in [1.807, 2.05) is 37.3 Å². The molecule has 0 spiro atoms. The molecule has 2 N–H and O–H groups in total. The van der Waals surface area contributed by atoms with Gasteiger partial charge in [-0.05, 0) is 41.5 Å². The van der Waals surface area contributed by atoms with Crippen LogP contribution in [0.1, 0.15) is 34.1 Å². The molecule has 0 bridgehead atoms. The molecule has 6 heteroatoms. The van der Waals surface area contributed by atoms with Crippen molar-refractivity contribution in [1.29, 1.82) is 0 Å². The Morgan fingerprint density at radius 2 is 1.64 bits per heavy atom. The van der Waals surface area contributed by atoms with E-state index in [4.69, 9.17) is 9.47 Å². The molecule has 0 aliphatic rings. The van der Waals surface area contributed by atoms with Crippen LogP contribution >= 0.6 is 0 Å². The second-order valence-corrected chi connectivity index (χ2v) is 6.15. The molecule has 0 fully saturated rings. The quantitative estimate of drug-likeness (QED) is 0.641. The number of ether oxygens (including phenoxy) is 2. The van der Waals surface area contributed by atoms with Crippen LogP contribution < -0.4 is 20.3 Å². The minimum Gasteiger partial charge on any atom is -0.493 e. The first kappa shape index (κ1) is 19.2. The first-order valence-corrected chi connectivity index (χ1v) is 9.03. The van der Waals surface area contributed by atoms with Gasteiger partial charge in [-0.15, -0.1) is 0 Å². The normalized spacial score (nSPS) is 10.4. The van der Waals surface area contributed by atoms with Crippen LogP contribution in [0, 0.1) is 0 Å². The van der Waals surface area contributed by atoms with Crippen LogP contribution in [-0.2, 0) is 0 Å². The van der Waals surface area contributed by atoms with Crippen molar-refractivity contribution in [1.82, 2.24) is 10.9 Å². The molecule has 6 nitrogen and oxygen atoms in total. The number of amides is 2. The van der Waals surface area contributed by atoms with Crippen molar-refractivity contribution in [2.75, 3.05) is 13.7 Å². The zero-order valence-corrected chi connectivity index (χ0v) is 15.8. The summed E-state index contributed by atoms with van der Waals surface area (Å²) >= 11 is 0. The van der Waals surface area contributed by atoms with Crippen molar-refractivity contribution < 1.29 is 19.1 Å². The minimum absolute atomic E-state index is 0.346. The summed E-state index contributed by atoms with van der Waals surface area (Å²) in [5.74, 6) is 0.191. The van der Waals surface area contributed by atoms with Crippen LogP contribution in [-0.4, -0.2) is 25.5 Å². The highest BCUT2D eigenvalue weighted by molar-refractivity contribution is 6.08. The van der Waals surface area contributed by atoms with Crippen molar-refractivity contribution >= 4 is 22.6 Å². The van der Waals surface area contributed by atoms with Crippen LogP contribution in [0.15, 0.2) is 60.7 Å². The number of nitrogens with one attached hydrogen (secondary N) is 2. The van der Waals surface area contributed by atoms with Crippen molar-refractivity contribution in [3.05, 3.63) is 71.8 Å². The summed E-state index contributed by atoms with van der Waals surface area (Å²) in [7, 11) is 1.51. The lowest BCUT2D eigenvalue weighted by Gasteiger charge is -2.12. The van der Waals surface area contributed by atoms with E-state index in [-0.39, 0.29) is 5.91 Å². The molecule has 0 aliphatic heterocycles. The third-order valence-electron chi connectivity index (χ3n) is 4.21. The number of carbonyl (C=O) groups is 2. The fourth-order valence-electron chi connectivity index (χ4n) is 2.82. The molecule has 0 radical (unpaired) electrons. The van der Waals surface area contributed by atoms with Gasteiger partial charge in [-0.3, -0.25) is 20.4 Å². The number of fused-ring (bicyclic) bond motifs is 1. The molecule has 0 saturated carbocycles. The minimum atomic E-state index is -0.450. The summed E-state index contributed by atoms with van der Waals surface area (Å²) in [6.45, 7) is 2.57. The highest BCUT2D eigenvalue weighted by Gasteiger charge is 2.14. The number of hydrogen-bond donors (Lipinski definition) is 2. The lowest BCUT2D eigenvalue weighted by Crippen LogP contribution is -2.41. The first-order valence-electron chi connectivity index (χ1n) is 9.03. The number of carbonyl (C=O) groups excluding carboxylic acids is 2. The molecule has 3 aromatic rings. The van der Waals surface area contributed by atoms with E-state index in [2.05, 4.69) is 10.9 Å². The van der Waals surface area contributed by atoms with E-state index in [1.165, 1.54) is 7.11 Å². The van der Waals surface area contributed by atoms with E-state index in [9.17, 15) is 9.59 Å². The van der Waals surface area contributed by atoms with Gasteiger partial charge in [0.2, 0.25) is 0 Å². The number of benzene rings is 3. The van der Waals surface area contributed by atoms with Crippen LogP contribution in [0.4, 0.5) is 0 Å². The highest BCUT2D eigenvalue weighted by Crippen LogP contribution is 2.28. The maximum Gasteiger partial charge on any atom is 0.270 e. The Hall–Kier alpha value is -3.54. The molecule has 2 amide bonds. The summed E-state index contributed by atoms with van der Waals surface area (Å²) < 4.78 is 10.9. The first-order chi connectivity index (χ1) is 13.6. The number of rotatable bonds is 6. The zero-order valence-electron chi connectivity index (χ0n) is 15.8. The van der Waals surface area contributed by atoms with Crippen molar-refractivity contribution in [2.24, 2.45) is 0 Å². The summed E-state index contributed by atoms with van der Waals surface area (Å²) in [4.78, 5) is 24.9. The standard InChI is InChI=1S/C22H22N2O4/c1-3-13-28-19-12-11-16(14-20(19)27-2)21(25)23-24-22(26)18-10-6-8-15-7-4-5-9-17(15)18/h4-12,14H,3,13H2,1-2H3,(H,23,25)(H,24,26). The number of hydrogen-bond acceptors (Lipinski definition) is 4. The Bertz CT molecular complexity index is 995. The Morgan fingerprint density at radius 3 is 2.43 bits per heavy atom. The van der Waals surface area contributed by atoms with Gasteiger partial charge in [0.1, 0.15) is 0 Å². The SMILES string of the molecule is CCCOc1ccc(C(=O)NNC(=O)c2cccc3ccccc23)cc1OC.